The van der Waals surface area contributed by atoms with E-state index in [1.165, 1.54) is 5.56 Å². The Morgan fingerprint density at radius 2 is 1.67 bits per heavy atom. The highest BCUT2D eigenvalue weighted by molar-refractivity contribution is 5.65. The first-order chi connectivity index (χ1) is 13.2. The zero-order valence-corrected chi connectivity index (χ0v) is 15.8. The molecule has 0 N–H and O–H groups in total. The minimum Gasteiger partial charge on any atom is -0.232 e. The van der Waals surface area contributed by atoms with E-state index in [1.807, 2.05) is 6.07 Å². The van der Waals surface area contributed by atoms with Crippen LogP contribution in [0.5, 0.6) is 0 Å². The molecule has 0 saturated heterocycles. The number of rotatable bonds is 4. The molecule has 1 heterocycles. The highest BCUT2D eigenvalue weighted by Crippen LogP contribution is 2.30. The molecule has 2 nitrogen and oxygen atoms in total. The molecule has 3 aromatic rings. The largest absolute Gasteiger partial charge is 0.232 e. The van der Waals surface area contributed by atoms with Crippen molar-refractivity contribution in [1.82, 2.24) is 9.97 Å². The van der Waals surface area contributed by atoms with Crippen molar-refractivity contribution < 1.29 is 0 Å². The lowest BCUT2D eigenvalue weighted by atomic mass is 9.95. The Morgan fingerprint density at radius 3 is 2.41 bits per heavy atom. The summed E-state index contributed by atoms with van der Waals surface area (Å²) >= 11 is 0. The molecule has 0 aliphatic heterocycles. The smallest absolute Gasteiger partial charge is 0.160 e. The van der Waals surface area contributed by atoms with Crippen LogP contribution in [0.25, 0.3) is 22.6 Å². The number of benzene rings is 2. The lowest BCUT2D eigenvalue weighted by molar-refractivity contribution is 0.811. The molecule has 0 bridgehead atoms. The molecule has 0 saturated carbocycles. The molecule has 1 aromatic heterocycles. The Balaban J connectivity index is 1.84. The van der Waals surface area contributed by atoms with Crippen molar-refractivity contribution in [2.24, 2.45) is 0 Å². The normalized spacial score (nSPS) is 16.0. The van der Waals surface area contributed by atoms with Gasteiger partial charge in [0.05, 0.1) is 11.4 Å². The number of allylic oxidation sites excluding steroid dienone is 4. The summed E-state index contributed by atoms with van der Waals surface area (Å²) in [6.07, 6.45) is 9.62. The second-order valence-electron chi connectivity index (χ2n) is 7.30. The fourth-order valence-electron chi connectivity index (χ4n) is 3.38. The van der Waals surface area contributed by atoms with E-state index in [-0.39, 0.29) is 0 Å². The van der Waals surface area contributed by atoms with Crippen LogP contribution in [0.15, 0.2) is 85.0 Å². The van der Waals surface area contributed by atoms with Gasteiger partial charge in [-0.3, -0.25) is 0 Å². The van der Waals surface area contributed by atoms with Gasteiger partial charge in [0.2, 0.25) is 0 Å². The number of hydrogen-bond donors (Lipinski definition) is 0. The van der Waals surface area contributed by atoms with Crippen LogP contribution >= 0.6 is 0 Å². The van der Waals surface area contributed by atoms with Crippen molar-refractivity contribution in [1.29, 1.82) is 0 Å². The first-order valence-electron chi connectivity index (χ1n) is 9.59. The van der Waals surface area contributed by atoms with Crippen molar-refractivity contribution in [3.63, 3.8) is 0 Å². The molecule has 0 amide bonds. The summed E-state index contributed by atoms with van der Waals surface area (Å²) in [4.78, 5) is 9.87. The number of nitrogens with zero attached hydrogens (tertiary/aromatic N) is 2. The van der Waals surface area contributed by atoms with Gasteiger partial charge in [-0.1, -0.05) is 86.7 Å². The fraction of sp³-hybridized carbons (Fsp3) is 0.200. The maximum Gasteiger partial charge on any atom is 0.160 e. The molecule has 4 rings (SSSR count). The van der Waals surface area contributed by atoms with Crippen molar-refractivity contribution in [2.75, 3.05) is 0 Å². The molecule has 1 aliphatic carbocycles. The van der Waals surface area contributed by atoms with Crippen molar-refractivity contribution >= 4 is 0 Å². The molecular weight excluding hydrogens is 328 g/mol. The van der Waals surface area contributed by atoms with Gasteiger partial charge in [-0.25, -0.2) is 9.97 Å². The summed E-state index contributed by atoms with van der Waals surface area (Å²) in [5, 5.41) is 0. The van der Waals surface area contributed by atoms with Gasteiger partial charge in [0, 0.05) is 17.0 Å². The number of aromatic nitrogens is 2. The fourth-order valence-corrected chi connectivity index (χ4v) is 3.38. The number of hydrogen-bond acceptors (Lipinski definition) is 2. The van der Waals surface area contributed by atoms with E-state index < -0.39 is 0 Å². The van der Waals surface area contributed by atoms with Gasteiger partial charge in [0.25, 0.3) is 0 Å². The summed E-state index contributed by atoms with van der Waals surface area (Å²) in [6.45, 7) is 4.43. The minimum atomic E-state index is 0.299. The van der Waals surface area contributed by atoms with Gasteiger partial charge < -0.3 is 0 Å². The third-order valence-corrected chi connectivity index (χ3v) is 4.99. The maximum atomic E-state index is 4.96. The average Bonchev–Trinajstić information content (AvgIpc) is 2.75. The lowest BCUT2D eigenvalue weighted by Crippen LogP contribution is -2.04. The Labute approximate surface area is 161 Å². The van der Waals surface area contributed by atoms with Crippen molar-refractivity contribution in [3.05, 3.63) is 96.2 Å². The molecule has 27 heavy (non-hydrogen) atoms. The molecule has 134 valence electrons. The van der Waals surface area contributed by atoms with Gasteiger partial charge in [-0.2, -0.15) is 0 Å². The summed E-state index contributed by atoms with van der Waals surface area (Å²) < 4.78 is 0. The summed E-state index contributed by atoms with van der Waals surface area (Å²) in [5.41, 5.74) is 5.57. The quantitative estimate of drug-likeness (QED) is 0.533. The second-order valence-corrected chi connectivity index (χ2v) is 7.30. The Morgan fingerprint density at radius 1 is 0.852 bits per heavy atom. The van der Waals surface area contributed by atoms with E-state index in [9.17, 15) is 0 Å². The van der Waals surface area contributed by atoms with Crippen LogP contribution in [0.1, 0.15) is 43.4 Å². The monoisotopic (exact) mass is 352 g/mol. The molecule has 0 radical (unpaired) electrons. The first-order valence-corrected chi connectivity index (χ1v) is 9.59. The van der Waals surface area contributed by atoms with Crippen LogP contribution in [0.4, 0.5) is 0 Å². The van der Waals surface area contributed by atoms with E-state index in [0.717, 1.165) is 34.8 Å². The van der Waals surface area contributed by atoms with Crippen LogP contribution in [0.3, 0.4) is 0 Å². The van der Waals surface area contributed by atoms with Crippen LogP contribution in [-0.4, -0.2) is 9.97 Å². The van der Waals surface area contributed by atoms with Gasteiger partial charge in [-0.05, 0) is 30.0 Å². The van der Waals surface area contributed by atoms with Gasteiger partial charge in [0.15, 0.2) is 5.82 Å². The van der Waals surface area contributed by atoms with Crippen LogP contribution in [-0.2, 0) is 0 Å². The van der Waals surface area contributed by atoms with E-state index in [2.05, 4.69) is 92.7 Å². The Kier molecular flexibility index (Phi) is 4.97. The summed E-state index contributed by atoms with van der Waals surface area (Å²) in [7, 11) is 0. The van der Waals surface area contributed by atoms with E-state index >= 15 is 0 Å². The molecule has 2 heteroatoms. The molecule has 0 spiro atoms. The molecule has 1 aliphatic rings. The standard InChI is InChI=1S/C25H24N2/c1-18(2)21-14-9-15-22(16-21)25-26-23(19-10-5-3-6-11-19)17-24(27-25)20-12-7-4-8-13-20/h3-12,14-18,20H,13H2,1-2H3. The summed E-state index contributed by atoms with van der Waals surface area (Å²) in [6, 6.07) is 21.1. The van der Waals surface area contributed by atoms with Crippen LogP contribution in [0, 0.1) is 0 Å². The molecule has 1 unspecified atom stereocenters. The zero-order valence-electron chi connectivity index (χ0n) is 15.8. The van der Waals surface area contributed by atoms with Gasteiger partial charge >= 0.3 is 0 Å². The van der Waals surface area contributed by atoms with Crippen LogP contribution in [0.2, 0.25) is 0 Å². The Bertz CT molecular complexity index is 984. The predicted octanol–water partition coefficient (Wildman–Crippen LogP) is 6.53. The second kappa shape index (κ2) is 7.71. The van der Waals surface area contributed by atoms with Crippen molar-refractivity contribution in [3.8, 4) is 22.6 Å². The van der Waals surface area contributed by atoms with Crippen molar-refractivity contribution in [2.45, 2.75) is 32.1 Å². The maximum absolute atomic E-state index is 4.96. The molecule has 0 fully saturated rings. The first kappa shape index (κ1) is 17.4. The van der Waals surface area contributed by atoms with E-state index in [0.29, 0.717) is 11.8 Å². The topological polar surface area (TPSA) is 25.8 Å². The van der Waals surface area contributed by atoms with E-state index in [4.69, 9.17) is 9.97 Å². The molecule has 2 aromatic carbocycles. The predicted molar refractivity (Wildman–Crippen MR) is 113 cm³/mol. The Hall–Kier alpha value is -3.00. The van der Waals surface area contributed by atoms with Gasteiger partial charge in [0.1, 0.15) is 0 Å². The summed E-state index contributed by atoms with van der Waals surface area (Å²) in [5.74, 6) is 1.58. The third kappa shape index (κ3) is 3.90. The van der Waals surface area contributed by atoms with E-state index in [1.54, 1.807) is 0 Å². The third-order valence-electron chi connectivity index (χ3n) is 4.99. The molecule has 1 atom stereocenters. The average molecular weight is 352 g/mol. The lowest BCUT2D eigenvalue weighted by Gasteiger charge is -2.16. The highest BCUT2D eigenvalue weighted by atomic mass is 14.9. The minimum absolute atomic E-state index is 0.299. The molecular formula is C25H24N2. The highest BCUT2D eigenvalue weighted by Gasteiger charge is 2.15. The SMILES string of the molecule is CC(C)c1cccc(-c2nc(-c3ccccc3)cc(C3C=CC=CC3)n2)c1. The van der Waals surface area contributed by atoms with Crippen LogP contribution < -0.4 is 0 Å². The van der Waals surface area contributed by atoms with Gasteiger partial charge in [-0.15, -0.1) is 0 Å². The zero-order chi connectivity index (χ0) is 18.6.